The Morgan fingerprint density at radius 1 is 1.03 bits per heavy atom. The van der Waals surface area contributed by atoms with E-state index in [0.717, 1.165) is 13.1 Å². The van der Waals surface area contributed by atoms with Crippen molar-refractivity contribution in [1.29, 1.82) is 0 Å². The average Bonchev–Trinajstić information content (AvgIpc) is 3.30. The first kappa shape index (κ1) is 24.3. The first-order valence-corrected chi connectivity index (χ1v) is 12.8. The van der Waals surface area contributed by atoms with Crippen molar-refractivity contribution in [2.24, 2.45) is 0 Å². The van der Waals surface area contributed by atoms with Crippen LogP contribution < -0.4 is 14.5 Å². The third kappa shape index (κ3) is 4.97. The number of morpholine rings is 1. The molecule has 13 heteroatoms. The third-order valence-electron chi connectivity index (χ3n) is 6.09. The molecule has 2 aliphatic heterocycles. The van der Waals surface area contributed by atoms with Crippen LogP contribution in [0, 0.1) is 0 Å². The smallest absolute Gasteiger partial charge is 0.296 e. The van der Waals surface area contributed by atoms with Gasteiger partial charge in [0.05, 0.1) is 31.1 Å². The minimum absolute atomic E-state index is 0.347. The number of methoxy groups -OCH3 is 1. The number of halogens is 3. The van der Waals surface area contributed by atoms with Crippen LogP contribution in [0.2, 0.25) is 0 Å². The Labute approximate surface area is 211 Å². The molecule has 0 atom stereocenters. The second-order valence-electron chi connectivity index (χ2n) is 8.07. The highest BCUT2D eigenvalue weighted by Crippen LogP contribution is 2.33. The van der Waals surface area contributed by atoms with Gasteiger partial charge in [0, 0.05) is 45.3 Å². The van der Waals surface area contributed by atoms with E-state index in [1.54, 1.807) is 36.2 Å². The van der Waals surface area contributed by atoms with Gasteiger partial charge in [0.2, 0.25) is 5.95 Å². The van der Waals surface area contributed by atoms with Gasteiger partial charge in [0.1, 0.15) is 22.9 Å². The van der Waals surface area contributed by atoms with Crippen LogP contribution in [0.25, 0.3) is 16.9 Å². The van der Waals surface area contributed by atoms with E-state index in [-0.39, 0.29) is 5.82 Å². The van der Waals surface area contributed by atoms with E-state index in [2.05, 4.69) is 19.1 Å². The summed E-state index contributed by atoms with van der Waals surface area (Å²) in [6.45, 7) is 5.49. The molecule has 0 spiro atoms. The molecular weight excluding hydrogens is 500 g/mol. The van der Waals surface area contributed by atoms with Crippen LogP contribution in [0.15, 0.2) is 24.3 Å². The molecule has 2 aromatic heterocycles. The number of nitrogens with zero attached hydrogens (tertiary/aromatic N) is 7. The lowest BCUT2D eigenvalue weighted by Gasteiger charge is -2.34. The molecule has 1 aromatic carbocycles. The molecule has 188 valence electrons. The quantitative estimate of drug-likeness (QED) is 0.340. The van der Waals surface area contributed by atoms with Crippen LogP contribution >= 0.6 is 23.5 Å². The molecular formula is C22H26ClF2N7O2S. The summed E-state index contributed by atoms with van der Waals surface area (Å²) in [5, 5.41) is 0.501. The molecule has 4 heterocycles. The summed E-state index contributed by atoms with van der Waals surface area (Å²) >= 11 is 7.46. The van der Waals surface area contributed by atoms with Gasteiger partial charge in [-0.15, -0.1) is 11.6 Å². The Morgan fingerprint density at radius 2 is 1.77 bits per heavy atom. The number of para-hydroxylation sites is 1. The molecule has 0 radical (unpaired) electrons. The molecule has 3 aromatic rings. The van der Waals surface area contributed by atoms with Crippen molar-refractivity contribution in [2.45, 2.75) is 6.43 Å². The van der Waals surface area contributed by atoms with Gasteiger partial charge >= 0.3 is 0 Å². The lowest BCUT2D eigenvalue weighted by atomic mass is 10.3. The van der Waals surface area contributed by atoms with Gasteiger partial charge < -0.3 is 19.3 Å². The Kier molecular flexibility index (Phi) is 7.42. The van der Waals surface area contributed by atoms with E-state index in [1.807, 2.05) is 0 Å². The molecule has 0 aliphatic carbocycles. The predicted octanol–water partition coefficient (Wildman–Crippen LogP) is 3.56. The Balaban J connectivity index is 1.61. The van der Waals surface area contributed by atoms with E-state index in [4.69, 9.17) is 31.0 Å². The summed E-state index contributed by atoms with van der Waals surface area (Å²) in [6.07, 6.45) is -2.80. The Morgan fingerprint density at radius 3 is 2.46 bits per heavy atom. The lowest BCUT2D eigenvalue weighted by molar-refractivity contribution is 0.122. The van der Waals surface area contributed by atoms with E-state index in [0.29, 0.717) is 79.0 Å². The summed E-state index contributed by atoms with van der Waals surface area (Å²) in [4.78, 5) is 18.0. The molecule has 0 unspecified atom stereocenters. The highest BCUT2D eigenvalue weighted by Gasteiger charge is 2.26. The second kappa shape index (κ2) is 10.7. The van der Waals surface area contributed by atoms with E-state index < -0.39 is 6.43 Å². The summed E-state index contributed by atoms with van der Waals surface area (Å²) in [5.41, 5.74) is 0.866. The van der Waals surface area contributed by atoms with Gasteiger partial charge in [-0.2, -0.15) is 9.97 Å². The van der Waals surface area contributed by atoms with Gasteiger partial charge in [-0.1, -0.05) is 18.0 Å². The fourth-order valence-electron chi connectivity index (χ4n) is 4.35. The number of aromatic nitrogens is 4. The SMILES string of the molecule is COc1cccc2c1nc(C(F)F)n2-c1cc(N2CCOCC2)nc(N2CCN(SCCl)CC2)n1. The molecule has 0 amide bonds. The number of hydrogen-bond donors (Lipinski definition) is 0. The van der Waals surface area contributed by atoms with Crippen LogP contribution in [0.3, 0.4) is 0 Å². The minimum Gasteiger partial charge on any atom is -0.494 e. The van der Waals surface area contributed by atoms with Crippen LogP contribution in [-0.4, -0.2) is 88.6 Å². The van der Waals surface area contributed by atoms with E-state index in [9.17, 15) is 8.78 Å². The standard InChI is InChI=1S/C22H26ClF2N7O2S/c1-33-16-4-2-3-15-19(16)28-21(20(24)25)32(15)18-13-17(29-9-11-34-12-10-29)26-22(27-18)30-5-7-31(8-6-30)35-14-23/h2-4,13,20H,5-12,14H2,1H3. The molecule has 2 aliphatic rings. The lowest BCUT2D eigenvalue weighted by Crippen LogP contribution is -2.44. The second-order valence-corrected chi connectivity index (χ2v) is 9.72. The van der Waals surface area contributed by atoms with Crippen LogP contribution in [0.1, 0.15) is 12.2 Å². The van der Waals surface area contributed by atoms with Crippen molar-refractivity contribution >= 4 is 46.3 Å². The van der Waals surface area contributed by atoms with Crippen LogP contribution in [0.5, 0.6) is 5.75 Å². The summed E-state index contributed by atoms with van der Waals surface area (Å²) < 4.78 is 42.9. The first-order valence-electron chi connectivity index (χ1n) is 11.3. The zero-order valence-corrected chi connectivity index (χ0v) is 20.8. The number of alkyl halides is 3. The highest BCUT2D eigenvalue weighted by molar-refractivity contribution is 7.98. The Bertz CT molecular complexity index is 1170. The zero-order chi connectivity index (χ0) is 24.4. The average molecular weight is 526 g/mol. The van der Waals surface area contributed by atoms with Gasteiger partial charge in [-0.25, -0.2) is 18.1 Å². The normalized spacial score (nSPS) is 17.5. The maximum atomic E-state index is 14.2. The van der Waals surface area contributed by atoms with Crippen molar-refractivity contribution in [3.63, 3.8) is 0 Å². The summed E-state index contributed by atoms with van der Waals surface area (Å²) in [5.74, 6) is 1.57. The third-order valence-corrected chi connectivity index (χ3v) is 7.21. The van der Waals surface area contributed by atoms with E-state index in [1.165, 1.54) is 11.7 Å². The van der Waals surface area contributed by atoms with Crippen molar-refractivity contribution in [1.82, 2.24) is 23.8 Å². The number of benzene rings is 1. The number of hydrogen-bond acceptors (Lipinski definition) is 9. The monoisotopic (exact) mass is 525 g/mol. The van der Waals surface area contributed by atoms with Gasteiger partial charge in [-0.3, -0.25) is 4.57 Å². The topological polar surface area (TPSA) is 71.8 Å². The number of ether oxygens (including phenoxy) is 2. The van der Waals surface area contributed by atoms with Gasteiger partial charge in [-0.05, 0) is 12.1 Å². The summed E-state index contributed by atoms with van der Waals surface area (Å²) in [6, 6.07) is 6.96. The van der Waals surface area contributed by atoms with Crippen molar-refractivity contribution < 1.29 is 18.3 Å². The van der Waals surface area contributed by atoms with Crippen molar-refractivity contribution in [2.75, 3.05) is 74.6 Å². The number of rotatable bonds is 7. The predicted molar refractivity (Wildman–Crippen MR) is 133 cm³/mol. The summed E-state index contributed by atoms with van der Waals surface area (Å²) in [7, 11) is 1.50. The molecule has 0 bridgehead atoms. The number of piperazine rings is 1. The molecule has 5 rings (SSSR count). The zero-order valence-electron chi connectivity index (χ0n) is 19.2. The molecule has 0 N–H and O–H groups in total. The highest BCUT2D eigenvalue weighted by atomic mass is 35.5. The molecule has 0 saturated carbocycles. The maximum absolute atomic E-state index is 14.2. The number of imidazole rings is 1. The van der Waals surface area contributed by atoms with Crippen molar-refractivity contribution in [3.8, 4) is 11.6 Å². The molecule has 2 fully saturated rings. The first-order chi connectivity index (χ1) is 17.1. The largest absolute Gasteiger partial charge is 0.494 e. The number of fused-ring (bicyclic) bond motifs is 1. The fourth-order valence-corrected chi connectivity index (χ4v) is 5.32. The maximum Gasteiger partial charge on any atom is 0.296 e. The Hall–Kier alpha value is -2.41. The van der Waals surface area contributed by atoms with Crippen LogP contribution in [0.4, 0.5) is 20.5 Å². The molecule has 9 nitrogen and oxygen atoms in total. The van der Waals surface area contributed by atoms with Crippen molar-refractivity contribution in [3.05, 3.63) is 30.1 Å². The van der Waals surface area contributed by atoms with Gasteiger partial charge in [0.15, 0.2) is 5.82 Å². The van der Waals surface area contributed by atoms with Gasteiger partial charge in [0.25, 0.3) is 6.43 Å². The van der Waals surface area contributed by atoms with Crippen LogP contribution in [-0.2, 0) is 4.74 Å². The number of anilines is 2. The fraction of sp³-hybridized carbons (Fsp3) is 0.500. The van der Waals surface area contributed by atoms with E-state index >= 15 is 0 Å². The molecule has 2 saturated heterocycles. The minimum atomic E-state index is -2.80. The molecule has 35 heavy (non-hydrogen) atoms.